The molecule has 2 aromatic rings. The fourth-order valence-electron chi connectivity index (χ4n) is 2.49. The number of H-pyrrole nitrogens is 1. The Morgan fingerprint density at radius 3 is 3.00 bits per heavy atom. The molecule has 2 aromatic heterocycles. The van der Waals surface area contributed by atoms with Gasteiger partial charge in [0.1, 0.15) is 5.82 Å². The fourth-order valence-corrected chi connectivity index (χ4v) is 2.49. The summed E-state index contributed by atoms with van der Waals surface area (Å²) in [7, 11) is 0. The first-order valence-corrected chi connectivity index (χ1v) is 6.83. The monoisotopic (exact) mass is 261 g/mol. The second-order valence-corrected chi connectivity index (χ2v) is 5.55. The maximum absolute atomic E-state index is 12.0. The van der Waals surface area contributed by atoms with E-state index in [-0.39, 0.29) is 11.5 Å². The van der Waals surface area contributed by atoms with Crippen molar-refractivity contribution in [1.82, 2.24) is 24.9 Å². The summed E-state index contributed by atoms with van der Waals surface area (Å²) in [5, 5.41) is 6.33. The third kappa shape index (κ3) is 2.40. The molecule has 3 heterocycles. The Labute approximate surface area is 111 Å². The summed E-state index contributed by atoms with van der Waals surface area (Å²) in [6.07, 6.45) is 2.00. The molecule has 19 heavy (non-hydrogen) atoms. The second kappa shape index (κ2) is 4.77. The van der Waals surface area contributed by atoms with Crippen molar-refractivity contribution in [2.45, 2.75) is 32.6 Å². The minimum Gasteiger partial charge on any atom is -0.316 e. The normalized spacial score (nSPS) is 19.6. The molecule has 0 amide bonds. The van der Waals surface area contributed by atoms with Crippen molar-refractivity contribution in [3.8, 4) is 0 Å². The molecule has 0 aliphatic carbocycles. The Balaban J connectivity index is 1.96. The molecule has 1 saturated heterocycles. The molecular formula is C13H19N5O. The van der Waals surface area contributed by atoms with E-state index in [4.69, 9.17) is 0 Å². The largest absolute Gasteiger partial charge is 0.316 e. The first-order chi connectivity index (χ1) is 9.13. The first-order valence-electron chi connectivity index (χ1n) is 6.83. The molecule has 1 aliphatic heterocycles. The highest BCUT2D eigenvalue weighted by Gasteiger charge is 2.17. The number of rotatable bonds is 3. The Morgan fingerprint density at radius 1 is 1.47 bits per heavy atom. The Morgan fingerprint density at radius 2 is 2.32 bits per heavy atom. The highest BCUT2D eigenvalue weighted by atomic mass is 16.1. The van der Waals surface area contributed by atoms with Gasteiger partial charge in [0.25, 0.3) is 11.3 Å². The molecule has 0 spiro atoms. The lowest BCUT2D eigenvalue weighted by Crippen LogP contribution is -2.18. The van der Waals surface area contributed by atoms with Crippen molar-refractivity contribution in [2.75, 3.05) is 13.1 Å². The topological polar surface area (TPSA) is 75.1 Å². The van der Waals surface area contributed by atoms with Crippen molar-refractivity contribution >= 4 is 5.78 Å². The summed E-state index contributed by atoms with van der Waals surface area (Å²) in [6.45, 7) is 6.15. The molecule has 3 rings (SSSR count). The van der Waals surface area contributed by atoms with E-state index in [1.54, 1.807) is 6.07 Å². The van der Waals surface area contributed by atoms with Gasteiger partial charge >= 0.3 is 0 Å². The molecule has 6 heteroatoms. The van der Waals surface area contributed by atoms with Crippen LogP contribution >= 0.6 is 0 Å². The Kier molecular flexibility index (Phi) is 3.10. The molecule has 0 bridgehead atoms. The average molecular weight is 261 g/mol. The summed E-state index contributed by atoms with van der Waals surface area (Å²) in [5.74, 6) is 2.11. The maximum Gasteiger partial charge on any atom is 0.274 e. The van der Waals surface area contributed by atoms with E-state index in [1.807, 2.05) is 13.8 Å². The molecule has 1 unspecified atom stereocenters. The van der Waals surface area contributed by atoms with Crippen LogP contribution in [-0.2, 0) is 6.42 Å². The minimum atomic E-state index is -0.0784. The van der Waals surface area contributed by atoms with Gasteiger partial charge < -0.3 is 5.32 Å². The van der Waals surface area contributed by atoms with Gasteiger partial charge in [-0.25, -0.2) is 4.98 Å². The molecule has 1 fully saturated rings. The summed E-state index contributed by atoms with van der Waals surface area (Å²) in [5.41, 5.74) is 0.769. The molecule has 1 aliphatic rings. The van der Waals surface area contributed by atoms with Crippen LogP contribution in [0, 0.1) is 5.92 Å². The van der Waals surface area contributed by atoms with Gasteiger partial charge in [0, 0.05) is 12.0 Å². The first kappa shape index (κ1) is 12.3. The summed E-state index contributed by atoms with van der Waals surface area (Å²) < 4.78 is 1.42. The minimum absolute atomic E-state index is 0.0784. The number of hydrogen-bond acceptors (Lipinski definition) is 4. The summed E-state index contributed by atoms with van der Waals surface area (Å²) in [6, 6.07) is 1.62. The Hall–Kier alpha value is -1.69. The van der Waals surface area contributed by atoms with Crippen LogP contribution in [0.1, 0.15) is 37.7 Å². The van der Waals surface area contributed by atoms with E-state index in [0.717, 1.165) is 37.4 Å². The van der Waals surface area contributed by atoms with E-state index < -0.39 is 0 Å². The predicted octanol–water partition coefficient (Wildman–Crippen LogP) is 0.693. The van der Waals surface area contributed by atoms with Gasteiger partial charge in [-0.15, -0.1) is 0 Å². The number of nitrogens with one attached hydrogen (secondary N) is 2. The van der Waals surface area contributed by atoms with Gasteiger partial charge in [-0.1, -0.05) is 13.8 Å². The molecule has 6 nitrogen and oxygen atoms in total. The van der Waals surface area contributed by atoms with Gasteiger partial charge in [-0.05, 0) is 31.8 Å². The predicted molar refractivity (Wildman–Crippen MR) is 72.4 cm³/mol. The highest BCUT2D eigenvalue weighted by Crippen LogP contribution is 2.14. The highest BCUT2D eigenvalue weighted by molar-refractivity contribution is 5.28. The summed E-state index contributed by atoms with van der Waals surface area (Å²) >= 11 is 0. The number of nitrogens with zero attached hydrogens (tertiary/aromatic N) is 3. The van der Waals surface area contributed by atoms with Gasteiger partial charge in [-0.2, -0.15) is 9.50 Å². The third-order valence-corrected chi connectivity index (χ3v) is 3.61. The summed E-state index contributed by atoms with van der Waals surface area (Å²) in [4.78, 5) is 20.9. The quantitative estimate of drug-likeness (QED) is 0.852. The molecule has 0 aromatic carbocycles. The van der Waals surface area contributed by atoms with Crippen molar-refractivity contribution in [2.24, 2.45) is 5.92 Å². The molecule has 2 N–H and O–H groups in total. The van der Waals surface area contributed by atoms with Gasteiger partial charge in [0.15, 0.2) is 0 Å². The maximum atomic E-state index is 12.0. The van der Waals surface area contributed by atoms with Gasteiger partial charge in [0.05, 0.1) is 5.69 Å². The van der Waals surface area contributed by atoms with E-state index in [0.29, 0.717) is 11.7 Å². The van der Waals surface area contributed by atoms with E-state index in [1.165, 1.54) is 4.52 Å². The van der Waals surface area contributed by atoms with Crippen LogP contribution in [0.2, 0.25) is 0 Å². The van der Waals surface area contributed by atoms with Crippen molar-refractivity contribution in [1.29, 1.82) is 0 Å². The van der Waals surface area contributed by atoms with Gasteiger partial charge in [0.2, 0.25) is 0 Å². The molecule has 0 radical (unpaired) electrons. The molecular weight excluding hydrogens is 242 g/mol. The van der Waals surface area contributed by atoms with Crippen LogP contribution in [-0.4, -0.2) is 32.7 Å². The van der Waals surface area contributed by atoms with Crippen LogP contribution in [0.3, 0.4) is 0 Å². The van der Waals surface area contributed by atoms with E-state index in [9.17, 15) is 4.79 Å². The van der Waals surface area contributed by atoms with Crippen molar-refractivity contribution < 1.29 is 0 Å². The SMILES string of the molecule is CC(C)c1nc2nc(CC3CCNC3)cc(=O)n2[nH]1. The lowest BCUT2D eigenvalue weighted by atomic mass is 10.0. The van der Waals surface area contributed by atoms with Crippen molar-refractivity contribution in [3.05, 3.63) is 27.9 Å². The van der Waals surface area contributed by atoms with Gasteiger partial charge in [-0.3, -0.25) is 9.89 Å². The van der Waals surface area contributed by atoms with Crippen LogP contribution in [0.5, 0.6) is 0 Å². The van der Waals surface area contributed by atoms with Crippen molar-refractivity contribution in [3.63, 3.8) is 0 Å². The lowest BCUT2D eigenvalue weighted by molar-refractivity contribution is 0.570. The number of hydrogen-bond donors (Lipinski definition) is 2. The smallest absolute Gasteiger partial charge is 0.274 e. The fraction of sp³-hybridized carbons (Fsp3) is 0.615. The van der Waals surface area contributed by atoms with Crippen LogP contribution < -0.4 is 10.9 Å². The van der Waals surface area contributed by atoms with E-state index >= 15 is 0 Å². The second-order valence-electron chi connectivity index (χ2n) is 5.55. The van der Waals surface area contributed by atoms with E-state index in [2.05, 4.69) is 20.4 Å². The van der Waals surface area contributed by atoms with Crippen LogP contribution in [0.25, 0.3) is 5.78 Å². The number of aromatic amines is 1. The molecule has 1 atom stereocenters. The number of fused-ring (bicyclic) bond motifs is 1. The average Bonchev–Trinajstić information content (AvgIpc) is 2.97. The molecule has 0 saturated carbocycles. The Bertz CT molecular complexity index is 636. The zero-order valence-electron chi connectivity index (χ0n) is 11.3. The molecule has 102 valence electrons. The van der Waals surface area contributed by atoms with Crippen LogP contribution in [0.4, 0.5) is 0 Å². The van der Waals surface area contributed by atoms with Crippen LogP contribution in [0.15, 0.2) is 10.9 Å². The zero-order chi connectivity index (χ0) is 13.4. The lowest BCUT2D eigenvalue weighted by Gasteiger charge is -2.06. The zero-order valence-corrected chi connectivity index (χ0v) is 11.3. The number of aromatic nitrogens is 4. The third-order valence-electron chi connectivity index (χ3n) is 3.61. The standard InChI is InChI=1S/C13H19N5O/c1-8(2)12-16-13-15-10(5-9-3-4-14-7-9)6-11(19)18(13)17-12/h6,8-9,14H,3-5,7H2,1-2H3,(H,15,16,17).